The molecule has 21 heavy (non-hydrogen) atoms. The molecule has 0 aliphatic heterocycles. The van der Waals surface area contributed by atoms with E-state index in [2.05, 4.69) is 0 Å². The fourth-order valence-electron chi connectivity index (χ4n) is 2.00. The molecule has 0 heterocycles. The van der Waals surface area contributed by atoms with Crippen LogP contribution in [-0.4, -0.2) is 32.1 Å². The van der Waals surface area contributed by atoms with Gasteiger partial charge < -0.3 is 9.64 Å². The lowest BCUT2D eigenvalue weighted by Gasteiger charge is -2.22. The Balaban J connectivity index is 0.00000312. The molecule has 1 atom stereocenters. The first-order valence-electron chi connectivity index (χ1n) is 8.62. The molecule has 0 aromatic heterocycles. The van der Waals surface area contributed by atoms with Crippen molar-refractivity contribution in [3.8, 4) is 0 Å². The van der Waals surface area contributed by atoms with Gasteiger partial charge in [0.25, 0.3) is 0 Å². The van der Waals surface area contributed by atoms with E-state index in [-0.39, 0.29) is 7.43 Å². The minimum absolute atomic E-state index is 0. The highest BCUT2D eigenvalue weighted by Gasteiger charge is 2.16. The van der Waals surface area contributed by atoms with Gasteiger partial charge >= 0.3 is 0 Å². The normalized spacial score (nSPS) is 16.2. The Hall–Kier alpha value is -1.64. The number of hydrogen-bond donors (Lipinski definition) is 0. The number of aryl methyl sites for hydroxylation is 1. The largest absolute Gasteiger partial charge is 0.367 e. The summed E-state index contributed by atoms with van der Waals surface area (Å²) in [6.07, 6.45) is -0.697. The van der Waals surface area contributed by atoms with Gasteiger partial charge in [-0.1, -0.05) is 62.0 Å². The molecular weight excluding hydrogens is 258 g/mol. The van der Waals surface area contributed by atoms with Crippen molar-refractivity contribution in [3.63, 3.8) is 0 Å². The van der Waals surface area contributed by atoms with Crippen molar-refractivity contribution in [3.05, 3.63) is 71.3 Å². The Morgan fingerprint density at radius 2 is 1.67 bits per heavy atom. The highest BCUT2D eigenvalue weighted by atomic mass is 16.5. The lowest BCUT2D eigenvalue weighted by Crippen LogP contribution is -2.20. The number of benzene rings is 2. The topological polar surface area (TPSA) is 12.5 Å². The van der Waals surface area contributed by atoms with Gasteiger partial charge in [0.1, 0.15) is 6.10 Å². The van der Waals surface area contributed by atoms with E-state index in [9.17, 15) is 0 Å². The minimum atomic E-state index is -2.50. The molecule has 2 aromatic rings. The van der Waals surface area contributed by atoms with Crippen LogP contribution in [0.25, 0.3) is 0 Å². The Bertz CT molecular complexity index is 674. The van der Waals surface area contributed by atoms with Crippen LogP contribution in [0.5, 0.6) is 0 Å². The molecule has 0 fully saturated rings. The van der Waals surface area contributed by atoms with E-state index in [1.165, 1.54) is 19.0 Å². The molecule has 2 heteroatoms. The Morgan fingerprint density at radius 3 is 2.29 bits per heavy atom. The molecule has 0 N–H and O–H groups in total. The van der Waals surface area contributed by atoms with E-state index >= 15 is 0 Å². The van der Waals surface area contributed by atoms with Crippen molar-refractivity contribution in [1.82, 2.24) is 4.90 Å². The molecule has 2 rings (SSSR count). The van der Waals surface area contributed by atoms with E-state index in [4.69, 9.17) is 10.2 Å². The summed E-state index contributed by atoms with van der Waals surface area (Å²) in [6.45, 7) is -2.84. The molecule has 1 unspecified atom stereocenters. The summed E-state index contributed by atoms with van der Waals surface area (Å²) in [5.74, 6) is 0. The number of hydrogen-bond acceptors (Lipinski definition) is 2. The van der Waals surface area contributed by atoms with Crippen LogP contribution in [0.4, 0.5) is 0 Å². The SMILES string of the molecule is C.[2H]C([2H])(OC(c1ccccc1)c1ccccc1C)C([2H])([2H])N(C)C. The van der Waals surface area contributed by atoms with Gasteiger partial charge in [-0.05, 0) is 37.7 Å². The van der Waals surface area contributed by atoms with Crippen LogP contribution in [0.3, 0.4) is 0 Å². The first-order chi connectivity index (χ1) is 11.2. The maximum absolute atomic E-state index is 8.19. The molecule has 0 saturated heterocycles. The molecule has 2 nitrogen and oxygen atoms in total. The second-order valence-electron chi connectivity index (χ2n) is 4.87. The third kappa shape index (κ3) is 5.00. The predicted octanol–water partition coefficient (Wildman–Crippen LogP) is 4.30. The zero-order chi connectivity index (χ0) is 18.0. The van der Waals surface area contributed by atoms with Crippen LogP contribution in [0.15, 0.2) is 54.6 Å². The summed E-state index contributed by atoms with van der Waals surface area (Å²) in [7, 11) is 2.99. The standard InChI is InChI=1S/C18H23NO.CH4/c1-15-9-7-8-12-17(15)18(20-14-13-19(2)3)16-10-5-4-6-11-16;/h4-12,18H,13-14H2,1-3H3;1H4/i13D2,14D2;. The molecular formula is C19H27NO. The Kier molecular flexibility index (Phi) is 4.90. The Labute approximate surface area is 135 Å². The van der Waals surface area contributed by atoms with Gasteiger partial charge in [0, 0.05) is 9.24 Å². The van der Waals surface area contributed by atoms with E-state index < -0.39 is 19.2 Å². The van der Waals surface area contributed by atoms with Crippen LogP contribution in [0, 0.1) is 6.92 Å². The molecule has 2 aromatic carbocycles. The molecule has 0 spiro atoms. The number of ether oxygens (including phenoxy) is 1. The van der Waals surface area contributed by atoms with E-state index in [0.29, 0.717) is 0 Å². The third-order valence-corrected chi connectivity index (χ3v) is 3.02. The lowest BCUT2D eigenvalue weighted by atomic mass is 9.97. The summed E-state index contributed by atoms with van der Waals surface area (Å²) in [5.41, 5.74) is 2.57. The zero-order valence-corrected chi connectivity index (χ0v) is 12.1. The first-order valence-corrected chi connectivity index (χ1v) is 6.62. The third-order valence-electron chi connectivity index (χ3n) is 3.02. The lowest BCUT2D eigenvalue weighted by molar-refractivity contribution is 0.0683. The second kappa shape index (κ2) is 8.60. The van der Waals surface area contributed by atoms with Crippen molar-refractivity contribution >= 4 is 0 Å². The minimum Gasteiger partial charge on any atom is -0.367 e. The van der Waals surface area contributed by atoms with E-state index in [0.717, 1.165) is 16.7 Å². The average Bonchev–Trinajstić information content (AvgIpc) is 2.54. The highest BCUT2D eigenvalue weighted by Crippen LogP contribution is 2.28. The maximum Gasteiger partial charge on any atom is 0.108 e. The van der Waals surface area contributed by atoms with Gasteiger partial charge in [-0.15, -0.1) is 0 Å². The summed E-state index contributed by atoms with van der Waals surface area (Å²) in [5, 5.41) is 0. The first kappa shape index (κ1) is 12.0. The van der Waals surface area contributed by atoms with Crippen molar-refractivity contribution < 1.29 is 10.2 Å². The molecule has 0 amide bonds. The van der Waals surface area contributed by atoms with Crippen LogP contribution >= 0.6 is 0 Å². The molecule has 0 radical (unpaired) electrons. The quantitative estimate of drug-likeness (QED) is 0.786. The zero-order valence-electron chi connectivity index (χ0n) is 16.1. The molecule has 114 valence electrons. The van der Waals surface area contributed by atoms with Crippen LogP contribution in [-0.2, 0) is 4.74 Å². The summed E-state index contributed by atoms with van der Waals surface area (Å²) >= 11 is 0. The predicted molar refractivity (Wildman–Crippen MR) is 90.7 cm³/mol. The van der Waals surface area contributed by atoms with Crippen molar-refractivity contribution in [2.75, 3.05) is 27.2 Å². The van der Waals surface area contributed by atoms with Gasteiger partial charge in [0.2, 0.25) is 0 Å². The van der Waals surface area contributed by atoms with Crippen molar-refractivity contribution in [2.45, 2.75) is 20.5 Å². The van der Waals surface area contributed by atoms with Crippen molar-refractivity contribution in [1.29, 1.82) is 0 Å². The number of nitrogens with zero attached hydrogens (tertiary/aromatic N) is 1. The molecule has 0 saturated carbocycles. The van der Waals surface area contributed by atoms with Crippen LogP contribution in [0.2, 0.25) is 0 Å². The van der Waals surface area contributed by atoms with E-state index in [1.54, 1.807) is 0 Å². The highest BCUT2D eigenvalue weighted by molar-refractivity contribution is 5.35. The van der Waals surface area contributed by atoms with Gasteiger partial charge in [-0.3, -0.25) is 0 Å². The smallest absolute Gasteiger partial charge is 0.108 e. The number of rotatable bonds is 6. The fraction of sp³-hybridized carbons (Fsp3) is 0.368. The molecule has 0 bridgehead atoms. The van der Waals surface area contributed by atoms with Crippen LogP contribution in [0.1, 0.15) is 35.7 Å². The van der Waals surface area contributed by atoms with Crippen LogP contribution < -0.4 is 0 Å². The van der Waals surface area contributed by atoms with Gasteiger partial charge in [0.15, 0.2) is 0 Å². The number of likely N-dealkylation sites (N-methyl/N-ethyl adjacent to an activating group) is 1. The Morgan fingerprint density at radius 1 is 1.05 bits per heavy atom. The second-order valence-corrected chi connectivity index (χ2v) is 4.87. The fourth-order valence-corrected chi connectivity index (χ4v) is 2.00. The van der Waals surface area contributed by atoms with Crippen molar-refractivity contribution in [2.24, 2.45) is 0 Å². The molecule has 0 aliphatic rings. The molecule has 0 aliphatic carbocycles. The van der Waals surface area contributed by atoms with Gasteiger partial charge in [0.05, 0.1) is 9.30 Å². The maximum atomic E-state index is 8.19. The van der Waals surface area contributed by atoms with E-state index in [1.807, 2.05) is 61.5 Å². The van der Waals surface area contributed by atoms with Gasteiger partial charge in [-0.25, -0.2) is 0 Å². The summed E-state index contributed by atoms with van der Waals surface area (Å²) in [4.78, 5) is 1.19. The summed E-state index contributed by atoms with van der Waals surface area (Å²) < 4.78 is 38.2. The monoisotopic (exact) mass is 289 g/mol. The summed E-state index contributed by atoms with van der Waals surface area (Å²) in [6, 6.07) is 16.9. The average molecular weight is 289 g/mol. The van der Waals surface area contributed by atoms with Gasteiger partial charge in [-0.2, -0.15) is 0 Å².